The fourth-order valence-corrected chi connectivity index (χ4v) is 11.4. The monoisotopic (exact) mass is 867 g/mol. The van der Waals surface area contributed by atoms with Crippen LogP contribution >= 0.6 is 0 Å². The molecule has 0 saturated heterocycles. The van der Waals surface area contributed by atoms with Crippen LogP contribution in [-0.4, -0.2) is 24.4 Å². The second kappa shape index (κ2) is 18.7. The molecule has 0 unspecified atom stereocenters. The maximum Gasteiger partial charge on any atom is 0.210 e. The van der Waals surface area contributed by atoms with Gasteiger partial charge in [-0.1, -0.05) is 217 Å². The Hall–Kier alpha value is -7.55. The van der Waals surface area contributed by atoms with E-state index in [4.69, 9.17) is 0 Å². The molecule has 2 nitrogen and oxygen atoms in total. The number of rotatable bonds is 13. The Balaban J connectivity index is 1.00. The normalized spacial score (nSPS) is 16.2. The molecular weight excluding hydrogens is 809 g/mol. The zero-order chi connectivity index (χ0) is 45.8. The summed E-state index contributed by atoms with van der Waals surface area (Å²) in [6, 6.07) is 71.2. The van der Waals surface area contributed by atoms with Gasteiger partial charge in [0.25, 0.3) is 0 Å². The van der Waals surface area contributed by atoms with Crippen molar-refractivity contribution >= 4 is 38.6 Å². The number of allylic oxidation sites excluding steroid dienone is 10. The van der Waals surface area contributed by atoms with E-state index < -0.39 is 0 Å². The van der Waals surface area contributed by atoms with Crippen LogP contribution in [0.1, 0.15) is 47.2 Å². The van der Waals surface area contributed by atoms with Crippen molar-refractivity contribution in [2.45, 2.75) is 50.4 Å². The molecule has 0 spiro atoms. The van der Waals surface area contributed by atoms with Crippen LogP contribution in [0.2, 0.25) is 0 Å². The maximum absolute atomic E-state index is 2.45. The molecule has 8 aromatic rings. The highest BCUT2D eigenvalue weighted by molar-refractivity contribution is 6.08. The molecule has 2 aliphatic rings. The van der Waals surface area contributed by atoms with Gasteiger partial charge in [-0.15, -0.1) is 0 Å². The molecule has 10 rings (SSSR count). The van der Waals surface area contributed by atoms with Gasteiger partial charge in [-0.25, -0.2) is 0 Å². The number of nitrogens with zero attached hydrogens (tertiary/aromatic N) is 2. The van der Waals surface area contributed by atoms with Crippen LogP contribution < -0.4 is 4.90 Å². The van der Waals surface area contributed by atoms with Crippen LogP contribution in [0.15, 0.2) is 253 Å². The first-order valence-electron chi connectivity index (χ1n) is 23.8. The molecule has 0 N–H and O–H groups in total. The average Bonchev–Trinajstić information content (AvgIpc) is 3.72. The van der Waals surface area contributed by atoms with Gasteiger partial charge < -0.3 is 4.90 Å². The van der Waals surface area contributed by atoms with E-state index in [9.17, 15) is 0 Å². The lowest BCUT2D eigenvalue weighted by Gasteiger charge is -2.34. The first-order chi connectivity index (χ1) is 32.8. The van der Waals surface area contributed by atoms with Crippen LogP contribution in [0.4, 0.5) is 11.4 Å². The molecule has 0 amide bonds. The van der Waals surface area contributed by atoms with Gasteiger partial charge in [-0.3, -0.25) is 0 Å². The highest BCUT2D eigenvalue weighted by Gasteiger charge is 2.51. The lowest BCUT2D eigenvalue weighted by Crippen LogP contribution is -2.39. The highest BCUT2D eigenvalue weighted by Crippen LogP contribution is 2.54. The third kappa shape index (κ3) is 8.45. The fraction of sp³-hybridized carbons (Fsp3) is 0.154. The zero-order valence-corrected chi connectivity index (χ0v) is 39.2. The van der Waals surface area contributed by atoms with Crippen LogP contribution in [0, 0.1) is 0 Å². The summed E-state index contributed by atoms with van der Waals surface area (Å²) in [6.45, 7) is 4.42. The molecule has 2 aliphatic heterocycles. The summed E-state index contributed by atoms with van der Waals surface area (Å²) in [6.07, 6.45) is 19.7. The number of anilines is 1. The molecule has 0 radical (unpaired) electrons. The number of hydrogen-bond donors (Lipinski definition) is 0. The minimum absolute atomic E-state index is 0.288. The van der Waals surface area contributed by atoms with Crippen LogP contribution in [0.3, 0.4) is 0 Å². The second-order valence-corrected chi connectivity index (χ2v) is 18.7. The van der Waals surface area contributed by atoms with Crippen molar-refractivity contribution in [2.75, 3.05) is 19.0 Å². The SMILES string of the molecule is CC(=C\C=C\C1=[N+](C)c2ccc3ccccc3c2C1(Cc1ccccc1)Cc1ccccc1)/C=C(C)/C=C/C=C1/N(C)c2ccc3ccccc3c2C1(Cc1ccccc1)Cc1ccccc1. The minimum Gasteiger partial charge on any atom is -0.347 e. The quantitative estimate of drug-likeness (QED) is 0.0827. The molecule has 67 heavy (non-hydrogen) atoms. The Morgan fingerprint density at radius 2 is 0.955 bits per heavy atom. The molecule has 2 heterocycles. The zero-order valence-electron chi connectivity index (χ0n) is 39.2. The molecule has 0 fully saturated rings. The fourth-order valence-electron chi connectivity index (χ4n) is 11.4. The smallest absolute Gasteiger partial charge is 0.210 e. The van der Waals surface area contributed by atoms with Crippen LogP contribution in [0.25, 0.3) is 21.5 Å². The Morgan fingerprint density at radius 1 is 0.493 bits per heavy atom. The van der Waals surface area contributed by atoms with Gasteiger partial charge in [-0.2, -0.15) is 4.58 Å². The molecule has 0 saturated carbocycles. The van der Waals surface area contributed by atoms with E-state index in [1.165, 1.54) is 88.9 Å². The van der Waals surface area contributed by atoms with E-state index in [0.29, 0.717) is 0 Å². The van der Waals surface area contributed by atoms with Crippen molar-refractivity contribution < 1.29 is 4.58 Å². The molecule has 0 atom stereocenters. The van der Waals surface area contributed by atoms with Crippen LogP contribution in [-0.2, 0) is 36.5 Å². The summed E-state index contributed by atoms with van der Waals surface area (Å²) in [5.41, 5.74) is 15.2. The number of fused-ring (bicyclic) bond motifs is 6. The Morgan fingerprint density at radius 3 is 1.49 bits per heavy atom. The summed E-state index contributed by atoms with van der Waals surface area (Å²) < 4.78 is 2.45. The maximum atomic E-state index is 2.45. The second-order valence-electron chi connectivity index (χ2n) is 18.7. The van der Waals surface area contributed by atoms with Crippen LogP contribution in [0.5, 0.6) is 0 Å². The topological polar surface area (TPSA) is 6.25 Å². The predicted molar refractivity (Wildman–Crippen MR) is 285 cm³/mol. The average molecular weight is 868 g/mol. The molecule has 0 aromatic heterocycles. The van der Waals surface area contributed by atoms with Gasteiger partial charge in [-0.05, 0) is 107 Å². The Bertz CT molecular complexity index is 3170. The minimum atomic E-state index is -0.288. The standard InChI is InChI=1S/C65H59N2/c1-48(23-21-37-60-64(44-50-25-9-5-10-26-50,45-51-27-11-6-12-28-51)62-56-35-19-17-33-54(56)39-41-58(62)66(60)3)43-49(2)24-22-38-61-65(46-52-29-13-7-14-30-52,47-53-31-15-8-16-32-53)63-57-36-20-18-34-55(57)40-42-59(63)67(61)4/h5-43H,44-47H2,1-4H3/q+1. The highest BCUT2D eigenvalue weighted by atomic mass is 15.2. The van der Waals surface area contributed by atoms with E-state index >= 15 is 0 Å². The lowest BCUT2D eigenvalue weighted by atomic mass is 9.68. The molecular formula is C65H59N2+. The lowest BCUT2D eigenvalue weighted by molar-refractivity contribution is -0.401. The van der Waals surface area contributed by atoms with E-state index in [2.05, 4.69) is 274 Å². The van der Waals surface area contributed by atoms with Gasteiger partial charge in [0, 0.05) is 41.6 Å². The summed E-state index contributed by atoms with van der Waals surface area (Å²) >= 11 is 0. The van der Waals surface area contributed by atoms with Gasteiger partial charge >= 0.3 is 0 Å². The number of hydrogen-bond acceptors (Lipinski definition) is 1. The number of likely N-dealkylation sites (N-methyl/N-ethyl adjacent to an activating group) is 1. The first kappa shape index (κ1) is 43.3. The van der Waals surface area contributed by atoms with Gasteiger partial charge in [0.2, 0.25) is 5.69 Å². The van der Waals surface area contributed by atoms with Crippen molar-refractivity contribution in [3.8, 4) is 0 Å². The van der Waals surface area contributed by atoms with Gasteiger partial charge in [0.05, 0.1) is 5.41 Å². The van der Waals surface area contributed by atoms with E-state index in [-0.39, 0.29) is 10.8 Å². The third-order valence-corrected chi connectivity index (χ3v) is 14.3. The summed E-state index contributed by atoms with van der Waals surface area (Å²) in [5.74, 6) is 0. The van der Waals surface area contributed by atoms with Gasteiger partial charge in [0.15, 0.2) is 5.71 Å². The van der Waals surface area contributed by atoms with Crippen molar-refractivity contribution in [2.24, 2.45) is 0 Å². The van der Waals surface area contributed by atoms with E-state index in [1.54, 1.807) is 0 Å². The summed E-state index contributed by atoms with van der Waals surface area (Å²) in [4.78, 5) is 2.45. The molecule has 2 heteroatoms. The largest absolute Gasteiger partial charge is 0.347 e. The predicted octanol–water partition coefficient (Wildman–Crippen LogP) is 15.2. The Labute approximate surface area is 397 Å². The van der Waals surface area contributed by atoms with Gasteiger partial charge in [0.1, 0.15) is 7.05 Å². The summed E-state index contributed by atoms with van der Waals surface area (Å²) in [7, 11) is 4.50. The summed E-state index contributed by atoms with van der Waals surface area (Å²) in [5, 5.41) is 5.21. The number of benzene rings is 8. The Kier molecular flexibility index (Phi) is 12.1. The van der Waals surface area contributed by atoms with Crippen molar-refractivity contribution in [1.82, 2.24) is 0 Å². The molecule has 0 aliphatic carbocycles. The van der Waals surface area contributed by atoms with E-state index in [0.717, 1.165) is 25.7 Å². The first-order valence-corrected chi connectivity index (χ1v) is 23.8. The van der Waals surface area contributed by atoms with Crippen molar-refractivity contribution in [1.29, 1.82) is 0 Å². The van der Waals surface area contributed by atoms with E-state index in [1.807, 2.05) is 0 Å². The third-order valence-electron chi connectivity index (χ3n) is 14.3. The molecule has 8 aromatic carbocycles. The van der Waals surface area contributed by atoms with Crippen molar-refractivity contribution in [3.05, 3.63) is 287 Å². The molecule has 0 bridgehead atoms. The molecule has 328 valence electrons. The van der Waals surface area contributed by atoms with Crippen molar-refractivity contribution in [3.63, 3.8) is 0 Å².